The lowest BCUT2D eigenvalue weighted by Gasteiger charge is -2.35. The summed E-state index contributed by atoms with van der Waals surface area (Å²) in [7, 11) is 0. The lowest BCUT2D eigenvalue weighted by molar-refractivity contribution is 0.670. The predicted octanol–water partition coefficient (Wildman–Crippen LogP) is 19.5. The fraction of sp³-hybridized carbons (Fsp3) is 0.0137. The summed E-state index contributed by atoms with van der Waals surface area (Å²) in [6.45, 7) is 0. The van der Waals surface area contributed by atoms with Crippen LogP contribution in [-0.2, 0) is 5.41 Å². The van der Waals surface area contributed by atoms with Crippen molar-refractivity contribution < 1.29 is 4.42 Å². The lowest BCUT2D eigenvalue weighted by atomic mass is 9.67. The fourth-order valence-corrected chi connectivity index (χ4v) is 12.5. The van der Waals surface area contributed by atoms with Crippen molar-refractivity contribution in [2.75, 3.05) is 4.90 Å². The molecule has 3 heteroatoms. The van der Waals surface area contributed by atoms with Gasteiger partial charge in [-0.1, -0.05) is 212 Å². The van der Waals surface area contributed by atoms with E-state index in [4.69, 9.17) is 4.42 Å². The molecule has 1 aliphatic rings. The van der Waals surface area contributed by atoms with Crippen LogP contribution in [0, 0.1) is 0 Å². The van der Waals surface area contributed by atoms with Crippen LogP contribution in [0.3, 0.4) is 0 Å². The smallest absolute Gasteiger partial charge is 0.143 e. The van der Waals surface area contributed by atoms with E-state index in [2.05, 4.69) is 295 Å². The fourth-order valence-electron chi connectivity index (χ4n) is 12.5. The number of anilines is 3. The van der Waals surface area contributed by atoms with Crippen LogP contribution in [0.1, 0.15) is 22.3 Å². The monoisotopic (exact) mass is 968 g/mol. The van der Waals surface area contributed by atoms with Gasteiger partial charge in [-0.15, -0.1) is 0 Å². The maximum absolute atomic E-state index is 6.57. The standard InChI is InChI=1S/C73H48N2O/c1-5-18-49(19-6-1)50-32-38-57(39-33-50)74(59-42-43-62-61-26-13-15-30-67(61)73(68(62)48-59,54-20-7-2-8-21-54)55-22-9-3-10-23-55)58-40-34-51(35-41-58)52-36-44-69-65(46-52)66-47-53(37-45-70(66)75(69)56-24-11-4-12-25-56)60-28-17-29-64-63-27-14-16-31-71(63)76-72(60)64/h1-48H. The van der Waals surface area contributed by atoms with Crippen molar-refractivity contribution in [1.29, 1.82) is 0 Å². The van der Waals surface area contributed by atoms with Crippen molar-refractivity contribution in [3.8, 4) is 50.2 Å². The first-order valence-electron chi connectivity index (χ1n) is 26.1. The Morgan fingerprint density at radius 3 is 1.47 bits per heavy atom. The summed E-state index contributed by atoms with van der Waals surface area (Å²) < 4.78 is 8.96. The number of fused-ring (bicyclic) bond motifs is 9. The van der Waals surface area contributed by atoms with Gasteiger partial charge in [-0.05, 0) is 140 Å². The molecule has 2 heterocycles. The second-order valence-corrected chi connectivity index (χ2v) is 20.0. The molecule has 0 radical (unpaired) electrons. The molecule has 0 unspecified atom stereocenters. The molecule has 0 saturated carbocycles. The molecule has 0 atom stereocenters. The highest BCUT2D eigenvalue weighted by molar-refractivity contribution is 6.14. The van der Waals surface area contributed by atoms with E-state index >= 15 is 0 Å². The number of benzene rings is 12. The minimum atomic E-state index is -0.527. The Bertz CT molecular complexity index is 4440. The number of aromatic nitrogens is 1. The van der Waals surface area contributed by atoms with Gasteiger partial charge in [0.05, 0.1) is 16.4 Å². The average molecular weight is 969 g/mol. The third-order valence-corrected chi connectivity index (χ3v) is 15.9. The maximum atomic E-state index is 6.57. The van der Waals surface area contributed by atoms with Crippen molar-refractivity contribution in [3.63, 3.8) is 0 Å². The van der Waals surface area contributed by atoms with Crippen molar-refractivity contribution in [2.24, 2.45) is 0 Å². The van der Waals surface area contributed by atoms with Gasteiger partial charge in [0.15, 0.2) is 0 Å². The Kier molecular flexibility index (Phi) is 10.1. The van der Waals surface area contributed by atoms with E-state index in [0.717, 1.165) is 78.0 Å². The van der Waals surface area contributed by atoms with Crippen LogP contribution in [0.25, 0.3) is 93.9 Å². The molecule has 12 aromatic carbocycles. The molecule has 0 fully saturated rings. The van der Waals surface area contributed by atoms with Gasteiger partial charge in [0, 0.05) is 49.9 Å². The van der Waals surface area contributed by atoms with E-state index in [1.54, 1.807) is 0 Å². The summed E-state index contributed by atoms with van der Waals surface area (Å²) in [6.07, 6.45) is 0. The van der Waals surface area contributed by atoms with Crippen LogP contribution < -0.4 is 4.90 Å². The molecule has 0 N–H and O–H groups in total. The van der Waals surface area contributed by atoms with Gasteiger partial charge in [0.1, 0.15) is 11.2 Å². The van der Waals surface area contributed by atoms with Crippen LogP contribution in [0.15, 0.2) is 296 Å². The van der Waals surface area contributed by atoms with Gasteiger partial charge < -0.3 is 13.9 Å². The van der Waals surface area contributed by atoms with Crippen LogP contribution in [0.5, 0.6) is 0 Å². The molecule has 15 rings (SSSR count). The van der Waals surface area contributed by atoms with E-state index in [-0.39, 0.29) is 0 Å². The lowest BCUT2D eigenvalue weighted by Crippen LogP contribution is -2.28. The second kappa shape index (κ2) is 17.6. The molecule has 1 aliphatic carbocycles. The number of furan rings is 1. The maximum Gasteiger partial charge on any atom is 0.143 e. The van der Waals surface area contributed by atoms with E-state index in [0.29, 0.717) is 0 Å². The van der Waals surface area contributed by atoms with Gasteiger partial charge >= 0.3 is 0 Å². The SMILES string of the molecule is c1ccc(-c2ccc(N(c3ccc(-c4ccc5c(c4)c4cc(-c6cccc7c6oc6ccccc67)ccc4n5-c4ccccc4)cc3)c3ccc4c(c3)C(c3ccccc3)(c3ccccc3)c3ccccc3-4)cc2)cc1. The summed E-state index contributed by atoms with van der Waals surface area (Å²) in [5, 5.41) is 4.64. The summed E-state index contributed by atoms with van der Waals surface area (Å²) in [5.74, 6) is 0. The van der Waals surface area contributed by atoms with Crippen LogP contribution in [0.2, 0.25) is 0 Å². The van der Waals surface area contributed by atoms with E-state index in [9.17, 15) is 0 Å². The highest BCUT2D eigenvalue weighted by Crippen LogP contribution is 2.57. The molecule has 0 aliphatic heterocycles. The van der Waals surface area contributed by atoms with Crippen molar-refractivity contribution in [1.82, 2.24) is 4.57 Å². The van der Waals surface area contributed by atoms with Gasteiger partial charge in [0.2, 0.25) is 0 Å². The van der Waals surface area contributed by atoms with Crippen molar-refractivity contribution >= 4 is 60.8 Å². The van der Waals surface area contributed by atoms with Crippen LogP contribution in [0.4, 0.5) is 17.1 Å². The number of para-hydroxylation sites is 3. The van der Waals surface area contributed by atoms with Crippen LogP contribution >= 0.6 is 0 Å². The third-order valence-electron chi connectivity index (χ3n) is 15.9. The topological polar surface area (TPSA) is 21.3 Å². The Morgan fingerprint density at radius 2 is 0.789 bits per heavy atom. The second-order valence-electron chi connectivity index (χ2n) is 20.0. The molecule has 356 valence electrons. The predicted molar refractivity (Wildman–Crippen MR) is 316 cm³/mol. The molecule has 14 aromatic rings. The Morgan fingerprint density at radius 1 is 0.303 bits per heavy atom. The quantitative estimate of drug-likeness (QED) is 0.144. The first-order chi connectivity index (χ1) is 37.7. The van der Waals surface area contributed by atoms with Gasteiger partial charge in [-0.25, -0.2) is 0 Å². The van der Waals surface area contributed by atoms with E-state index in [1.165, 1.54) is 55.3 Å². The Hall–Kier alpha value is -9.96. The Balaban J connectivity index is 0.879. The number of nitrogens with zero attached hydrogens (tertiary/aromatic N) is 2. The van der Waals surface area contributed by atoms with E-state index < -0.39 is 5.41 Å². The largest absolute Gasteiger partial charge is 0.455 e. The summed E-state index contributed by atoms with van der Waals surface area (Å²) in [4.78, 5) is 2.42. The zero-order valence-electron chi connectivity index (χ0n) is 41.5. The van der Waals surface area contributed by atoms with Gasteiger partial charge in [-0.2, -0.15) is 0 Å². The first kappa shape index (κ1) is 43.6. The third kappa shape index (κ3) is 6.83. The molecule has 3 nitrogen and oxygen atoms in total. The normalized spacial score (nSPS) is 12.6. The van der Waals surface area contributed by atoms with Gasteiger partial charge in [0.25, 0.3) is 0 Å². The summed E-state index contributed by atoms with van der Waals surface area (Å²) in [5.41, 5.74) is 22.4. The number of hydrogen-bond acceptors (Lipinski definition) is 2. The molecule has 0 saturated heterocycles. The molecular formula is C73H48N2O. The van der Waals surface area contributed by atoms with Gasteiger partial charge in [-0.3, -0.25) is 0 Å². The van der Waals surface area contributed by atoms with Crippen molar-refractivity contribution in [2.45, 2.75) is 5.41 Å². The molecule has 0 amide bonds. The molecule has 0 spiro atoms. The average Bonchev–Trinajstić information content (AvgIpc) is 4.29. The number of hydrogen-bond donors (Lipinski definition) is 0. The number of rotatable bonds is 9. The van der Waals surface area contributed by atoms with E-state index in [1.807, 2.05) is 6.07 Å². The highest BCUT2D eigenvalue weighted by Gasteiger charge is 2.46. The zero-order valence-corrected chi connectivity index (χ0v) is 41.5. The first-order valence-corrected chi connectivity index (χ1v) is 26.1. The van der Waals surface area contributed by atoms with Crippen LogP contribution in [-0.4, -0.2) is 4.57 Å². The molecule has 76 heavy (non-hydrogen) atoms. The molecule has 0 bridgehead atoms. The summed E-state index contributed by atoms with van der Waals surface area (Å²) in [6, 6.07) is 106. The molecular weight excluding hydrogens is 921 g/mol. The zero-order chi connectivity index (χ0) is 50.2. The minimum absolute atomic E-state index is 0.527. The Labute approximate surface area is 441 Å². The highest BCUT2D eigenvalue weighted by atomic mass is 16.3. The molecule has 2 aromatic heterocycles. The summed E-state index contributed by atoms with van der Waals surface area (Å²) >= 11 is 0. The van der Waals surface area contributed by atoms with Crippen molar-refractivity contribution in [3.05, 3.63) is 313 Å². The minimum Gasteiger partial charge on any atom is -0.455 e.